The molecule has 1 heterocycles. The van der Waals surface area contributed by atoms with Crippen LogP contribution in [0, 0.1) is 17.8 Å². The fraction of sp³-hybridized carbons (Fsp3) is 0.263. The van der Waals surface area contributed by atoms with Gasteiger partial charge >= 0.3 is 5.97 Å². The van der Waals surface area contributed by atoms with Crippen LogP contribution in [-0.4, -0.2) is 41.2 Å². The van der Waals surface area contributed by atoms with Crippen LogP contribution in [0.2, 0.25) is 0 Å². The van der Waals surface area contributed by atoms with Crippen molar-refractivity contribution >= 4 is 29.4 Å². The van der Waals surface area contributed by atoms with E-state index in [-0.39, 0.29) is 36.0 Å². The van der Waals surface area contributed by atoms with Crippen molar-refractivity contribution in [1.82, 2.24) is 4.90 Å². The highest BCUT2D eigenvalue weighted by Crippen LogP contribution is 2.61. The van der Waals surface area contributed by atoms with Crippen LogP contribution in [-0.2, 0) is 23.9 Å². The van der Waals surface area contributed by atoms with Crippen molar-refractivity contribution in [2.75, 3.05) is 11.9 Å². The zero-order valence-electron chi connectivity index (χ0n) is 25.6. The van der Waals surface area contributed by atoms with Gasteiger partial charge in [-0.05, 0) is 71.0 Å². The molecule has 46 heavy (non-hydrogen) atoms. The number of amides is 3. The molecular formula is C38H34N2O6. The lowest BCUT2D eigenvalue weighted by molar-refractivity contribution is -0.160. The molecule has 8 nitrogen and oxygen atoms in total. The second kappa shape index (κ2) is 11.9. The second-order valence-corrected chi connectivity index (χ2v) is 12.6. The summed E-state index contributed by atoms with van der Waals surface area (Å²) in [5, 5.41) is 2.72. The van der Waals surface area contributed by atoms with Gasteiger partial charge in [0.05, 0.1) is 11.8 Å². The van der Waals surface area contributed by atoms with E-state index in [4.69, 9.17) is 9.47 Å². The molecule has 1 N–H and O–H groups in total. The fourth-order valence-corrected chi connectivity index (χ4v) is 7.42. The number of likely N-dealkylation sites (tertiary alicyclic amines) is 1. The van der Waals surface area contributed by atoms with Gasteiger partial charge in [0, 0.05) is 17.5 Å². The molecule has 3 aliphatic carbocycles. The third-order valence-corrected chi connectivity index (χ3v) is 9.22. The summed E-state index contributed by atoms with van der Waals surface area (Å²) in [5.41, 5.74) is 4.76. The molecule has 232 valence electrons. The van der Waals surface area contributed by atoms with Crippen LogP contribution in [0.3, 0.4) is 0 Å². The van der Waals surface area contributed by atoms with E-state index in [0.717, 1.165) is 27.2 Å². The lowest BCUT2D eigenvalue weighted by Crippen LogP contribution is -2.47. The molecule has 2 bridgehead atoms. The molecule has 0 saturated carbocycles. The number of esters is 1. The first-order chi connectivity index (χ1) is 22.3. The van der Waals surface area contributed by atoms with Gasteiger partial charge in [-0.3, -0.25) is 19.3 Å². The monoisotopic (exact) mass is 614 g/mol. The zero-order valence-corrected chi connectivity index (χ0v) is 25.6. The predicted molar refractivity (Wildman–Crippen MR) is 171 cm³/mol. The Morgan fingerprint density at radius 1 is 0.696 bits per heavy atom. The van der Waals surface area contributed by atoms with E-state index < -0.39 is 36.4 Å². The number of imide groups is 1. The molecule has 1 aliphatic heterocycles. The van der Waals surface area contributed by atoms with Crippen LogP contribution in [0.15, 0.2) is 103 Å². The molecule has 4 aliphatic rings. The van der Waals surface area contributed by atoms with Crippen LogP contribution < -0.4 is 10.1 Å². The maximum Gasteiger partial charge on any atom is 0.329 e. The minimum atomic E-state index is -1.13. The van der Waals surface area contributed by atoms with Gasteiger partial charge in [0.15, 0.2) is 6.61 Å². The third kappa shape index (κ3) is 5.13. The van der Waals surface area contributed by atoms with Crippen molar-refractivity contribution in [3.63, 3.8) is 0 Å². The minimum absolute atomic E-state index is 0.0164. The Morgan fingerprint density at radius 3 is 1.67 bits per heavy atom. The number of nitrogens with one attached hydrogen (secondary N) is 1. The summed E-state index contributed by atoms with van der Waals surface area (Å²) in [4.78, 5) is 55.9. The third-order valence-electron chi connectivity index (χ3n) is 9.22. The molecule has 1 fully saturated rings. The van der Waals surface area contributed by atoms with E-state index in [9.17, 15) is 19.2 Å². The molecule has 8 heteroatoms. The Kier molecular flexibility index (Phi) is 7.64. The van der Waals surface area contributed by atoms with E-state index in [1.165, 1.54) is 0 Å². The smallest absolute Gasteiger partial charge is 0.329 e. The Hall–Kier alpha value is -5.24. The fourth-order valence-electron chi connectivity index (χ4n) is 7.42. The standard InChI is InChI=1S/C38H34N2O6/c1-22(2)20-30(38(44)45-21-31(41)39-23-16-18-25(19-17-23)46-24-10-4-3-5-11-24)40-36(42)34-32-26-12-6-7-13-27(26)33(35(34)37(40)43)29-15-9-8-14-28(29)32/h3-19,22,30,32-35H,20-21H2,1-2H3,(H,39,41)/t30-,32?,33?,34-,35+/m0/s1. The molecule has 3 amide bonds. The normalized spacial score (nSPS) is 21.3. The van der Waals surface area contributed by atoms with E-state index in [1.54, 1.807) is 24.3 Å². The largest absolute Gasteiger partial charge is 0.457 e. The summed E-state index contributed by atoms with van der Waals surface area (Å²) in [7, 11) is 0. The highest BCUT2D eigenvalue weighted by molar-refractivity contribution is 6.10. The molecule has 0 aromatic heterocycles. The number of benzene rings is 4. The molecular weight excluding hydrogens is 580 g/mol. The number of carbonyl (C=O) groups excluding carboxylic acids is 4. The first-order valence-electron chi connectivity index (χ1n) is 15.7. The zero-order chi connectivity index (χ0) is 31.9. The average Bonchev–Trinajstić information content (AvgIpc) is 3.33. The van der Waals surface area contributed by atoms with Gasteiger partial charge < -0.3 is 14.8 Å². The number of nitrogens with zero attached hydrogens (tertiary/aromatic N) is 1. The first-order valence-corrected chi connectivity index (χ1v) is 15.7. The Balaban J connectivity index is 1.06. The summed E-state index contributed by atoms with van der Waals surface area (Å²) in [6.45, 7) is 3.29. The maximum absolute atomic E-state index is 14.2. The number of ether oxygens (including phenoxy) is 2. The summed E-state index contributed by atoms with van der Waals surface area (Å²) >= 11 is 0. The highest BCUT2D eigenvalue weighted by atomic mass is 16.5. The Labute approximate surface area is 267 Å². The topological polar surface area (TPSA) is 102 Å². The number of anilines is 1. The highest BCUT2D eigenvalue weighted by Gasteiger charge is 2.63. The van der Waals surface area contributed by atoms with E-state index >= 15 is 0 Å². The van der Waals surface area contributed by atoms with Crippen molar-refractivity contribution in [2.24, 2.45) is 17.8 Å². The molecule has 1 saturated heterocycles. The van der Waals surface area contributed by atoms with Crippen molar-refractivity contribution in [2.45, 2.75) is 38.1 Å². The second-order valence-electron chi connectivity index (χ2n) is 12.6. The number of hydrogen-bond acceptors (Lipinski definition) is 6. The van der Waals surface area contributed by atoms with Crippen LogP contribution in [0.5, 0.6) is 11.5 Å². The summed E-state index contributed by atoms with van der Waals surface area (Å²) in [5.74, 6) is -2.45. The lowest BCUT2D eigenvalue weighted by atomic mass is 9.55. The van der Waals surface area contributed by atoms with Crippen molar-refractivity contribution in [1.29, 1.82) is 0 Å². The van der Waals surface area contributed by atoms with Crippen LogP contribution in [0.25, 0.3) is 0 Å². The van der Waals surface area contributed by atoms with Gasteiger partial charge in [-0.1, -0.05) is 80.6 Å². The van der Waals surface area contributed by atoms with Gasteiger partial charge in [0.2, 0.25) is 11.8 Å². The van der Waals surface area contributed by atoms with E-state index in [1.807, 2.05) is 92.7 Å². The molecule has 4 aromatic carbocycles. The maximum atomic E-state index is 14.2. The SMILES string of the molecule is CC(C)C[C@@H](C(=O)OCC(=O)Nc1ccc(Oc2ccccc2)cc1)N1C(=O)[C@@H]2C3c4ccccc4C(c4ccccc43)[C@@H]2C1=O. The van der Waals surface area contributed by atoms with Crippen LogP contribution >= 0.6 is 0 Å². The van der Waals surface area contributed by atoms with Gasteiger partial charge in [-0.25, -0.2) is 4.79 Å². The quantitative estimate of drug-likeness (QED) is 0.176. The van der Waals surface area contributed by atoms with Crippen molar-refractivity contribution in [3.05, 3.63) is 125 Å². The lowest BCUT2D eigenvalue weighted by Gasteiger charge is -2.45. The molecule has 0 radical (unpaired) electrons. The van der Waals surface area contributed by atoms with Gasteiger partial charge in [0.25, 0.3) is 5.91 Å². The van der Waals surface area contributed by atoms with Gasteiger partial charge in [0.1, 0.15) is 17.5 Å². The number of rotatable bonds is 9. The van der Waals surface area contributed by atoms with Crippen LogP contribution in [0.1, 0.15) is 54.4 Å². The number of hydrogen-bond donors (Lipinski definition) is 1. The van der Waals surface area contributed by atoms with Gasteiger partial charge in [-0.15, -0.1) is 0 Å². The molecule has 0 unspecified atom stereocenters. The molecule has 4 aromatic rings. The Bertz CT molecular complexity index is 1700. The van der Waals surface area contributed by atoms with Gasteiger partial charge in [-0.2, -0.15) is 0 Å². The number of para-hydroxylation sites is 1. The Morgan fingerprint density at radius 2 is 1.17 bits per heavy atom. The van der Waals surface area contributed by atoms with Crippen molar-refractivity contribution < 1.29 is 28.7 Å². The molecule has 3 atom stereocenters. The summed E-state index contributed by atoms with van der Waals surface area (Å²) < 4.78 is 11.3. The average molecular weight is 615 g/mol. The van der Waals surface area contributed by atoms with Crippen molar-refractivity contribution in [3.8, 4) is 11.5 Å². The number of carbonyl (C=O) groups is 4. The molecule has 8 rings (SSSR count). The minimum Gasteiger partial charge on any atom is -0.457 e. The molecule has 0 spiro atoms. The van der Waals surface area contributed by atoms with E-state index in [0.29, 0.717) is 17.2 Å². The summed E-state index contributed by atoms with van der Waals surface area (Å²) in [6.07, 6.45) is 0.232. The summed E-state index contributed by atoms with van der Waals surface area (Å²) in [6, 6.07) is 31.1. The van der Waals surface area contributed by atoms with E-state index in [2.05, 4.69) is 5.32 Å². The van der Waals surface area contributed by atoms with Crippen LogP contribution in [0.4, 0.5) is 5.69 Å². The first kappa shape index (κ1) is 29.5. The predicted octanol–water partition coefficient (Wildman–Crippen LogP) is 6.27.